The summed E-state index contributed by atoms with van der Waals surface area (Å²) >= 11 is 0. The molecule has 1 aliphatic rings. The molecule has 2 N–H and O–H groups in total. The minimum atomic E-state index is -0.115. The topological polar surface area (TPSA) is 64.9 Å². The van der Waals surface area contributed by atoms with Crippen LogP contribution in [0.5, 0.6) is 0 Å². The van der Waals surface area contributed by atoms with Crippen LogP contribution in [0.4, 0.5) is 0 Å². The molecule has 0 amide bonds. The first-order valence-corrected chi connectivity index (χ1v) is 5.81. The van der Waals surface area contributed by atoms with Gasteiger partial charge < -0.3 is 10.3 Å². The highest BCUT2D eigenvalue weighted by Crippen LogP contribution is 2.35. The van der Waals surface area contributed by atoms with Crippen LogP contribution in [0, 0.1) is 5.92 Å². The highest BCUT2D eigenvalue weighted by Gasteiger charge is 2.27. The zero-order chi connectivity index (χ0) is 10.8. The van der Waals surface area contributed by atoms with Crippen molar-refractivity contribution in [1.82, 2.24) is 10.1 Å². The van der Waals surface area contributed by atoms with E-state index in [0.29, 0.717) is 17.7 Å². The molecule has 1 aliphatic carbocycles. The summed E-state index contributed by atoms with van der Waals surface area (Å²) in [5, 5.41) is 4.01. The Hall–Kier alpha value is -0.900. The Kier molecular flexibility index (Phi) is 3.05. The maximum absolute atomic E-state index is 6.03. The van der Waals surface area contributed by atoms with Gasteiger partial charge in [-0.2, -0.15) is 4.98 Å². The Morgan fingerprint density at radius 1 is 1.53 bits per heavy atom. The Balaban J connectivity index is 2.05. The summed E-state index contributed by atoms with van der Waals surface area (Å²) < 4.78 is 5.22. The molecule has 2 rings (SSSR count). The predicted octanol–water partition coefficient (Wildman–Crippen LogP) is 2.38. The molecule has 0 bridgehead atoms. The van der Waals surface area contributed by atoms with Crippen LogP contribution in [0.25, 0.3) is 0 Å². The van der Waals surface area contributed by atoms with Gasteiger partial charge in [0.25, 0.3) is 0 Å². The molecule has 1 aromatic rings. The molecule has 15 heavy (non-hydrogen) atoms. The fraction of sp³-hybridized carbons (Fsp3) is 0.818. The van der Waals surface area contributed by atoms with Gasteiger partial charge in [0, 0.05) is 5.92 Å². The van der Waals surface area contributed by atoms with E-state index in [9.17, 15) is 0 Å². The van der Waals surface area contributed by atoms with Crippen LogP contribution in [-0.2, 0) is 0 Å². The van der Waals surface area contributed by atoms with Crippen LogP contribution < -0.4 is 5.73 Å². The molecule has 0 saturated heterocycles. The van der Waals surface area contributed by atoms with Gasteiger partial charge in [0.1, 0.15) is 0 Å². The SMILES string of the molecule is CCC(C)C(N)c1nc(C2CCC2)no1. The lowest BCUT2D eigenvalue weighted by atomic mass is 9.85. The maximum Gasteiger partial charge on any atom is 0.243 e. The van der Waals surface area contributed by atoms with Gasteiger partial charge in [-0.05, 0) is 18.8 Å². The average Bonchev–Trinajstić information content (AvgIpc) is 2.62. The van der Waals surface area contributed by atoms with Gasteiger partial charge in [-0.1, -0.05) is 31.8 Å². The van der Waals surface area contributed by atoms with E-state index in [4.69, 9.17) is 10.3 Å². The van der Waals surface area contributed by atoms with Crippen molar-refractivity contribution < 1.29 is 4.52 Å². The van der Waals surface area contributed by atoms with Crippen LogP contribution in [-0.4, -0.2) is 10.1 Å². The standard InChI is InChI=1S/C11H19N3O/c1-3-7(2)9(12)11-13-10(14-15-11)8-5-4-6-8/h7-9H,3-6,12H2,1-2H3. The number of nitrogens with zero attached hydrogens (tertiary/aromatic N) is 2. The van der Waals surface area contributed by atoms with E-state index in [1.165, 1.54) is 19.3 Å². The van der Waals surface area contributed by atoms with Crippen molar-refractivity contribution in [1.29, 1.82) is 0 Å². The minimum Gasteiger partial charge on any atom is -0.338 e. The molecule has 0 aliphatic heterocycles. The van der Waals surface area contributed by atoms with Gasteiger partial charge in [-0.3, -0.25) is 0 Å². The highest BCUT2D eigenvalue weighted by atomic mass is 16.5. The summed E-state index contributed by atoms with van der Waals surface area (Å²) in [4.78, 5) is 4.40. The van der Waals surface area contributed by atoms with Crippen LogP contribution >= 0.6 is 0 Å². The third-order valence-electron chi connectivity index (χ3n) is 3.47. The van der Waals surface area contributed by atoms with E-state index in [1.807, 2.05) is 0 Å². The van der Waals surface area contributed by atoms with Crippen LogP contribution in [0.1, 0.15) is 63.2 Å². The first-order valence-electron chi connectivity index (χ1n) is 5.81. The molecule has 1 aromatic heterocycles. The fourth-order valence-corrected chi connectivity index (χ4v) is 1.71. The van der Waals surface area contributed by atoms with Gasteiger partial charge >= 0.3 is 0 Å². The molecule has 4 heteroatoms. The van der Waals surface area contributed by atoms with E-state index in [1.54, 1.807) is 0 Å². The maximum atomic E-state index is 6.03. The first kappa shape index (κ1) is 10.6. The molecular weight excluding hydrogens is 190 g/mol. The van der Waals surface area contributed by atoms with Crippen LogP contribution in [0.15, 0.2) is 4.52 Å². The van der Waals surface area contributed by atoms with Gasteiger partial charge in [0.2, 0.25) is 5.89 Å². The molecule has 2 unspecified atom stereocenters. The van der Waals surface area contributed by atoms with Crippen molar-refractivity contribution in [3.8, 4) is 0 Å². The van der Waals surface area contributed by atoms with E-state index in [-0.39, 0.29) is 6.04 Å². The normalized spacial score (nSPS) is 21.0. The third kappa shape index (κ3) is 2.04. The number of aromatic nitrogens is 2. The lowest BCUT2D eigenvalue weighted by Crippen LogP contribution is -2.19. The average molecular weight is 209 g/mol. The second kappa shape index (κ2) is 4.31. The molecule has 0 radical (unpaired) electrons. The second-order valence-corrected chi connectivity index (χ2v) is 4.53. The molecule has 1 heterocycles. The Morgan fingerprint density at radius 3 is 2.80 bits per heavy atom. The van der Waals surface area contributed by atoms with E-state index < -0.39 is 0 Å². The van der Waals surface area contributed by atoms with E-state index in [2.05, 4.69) is 24.0 Å². The van der Waals surface area contributed by atoms with Crippen molar-refractivity contribution in [3.63, 3.8) is 0 Å². The van der Waals surface area contributed by atoms with Gasteiger partial charge in [-0.25, -0.2) is 0 Å². The van der Waals surface area contributed by atoms with Crippen molar-refractivity contribution >= 4 is 0 Å². The molecule has 4 nitrogen and oxygen atoms in total. The Morgan fingerprint density at radius 2 is 2.27 bits per heavy atom. The quantitative estimate of drug-likeness (QED) is 0.826. The Labute approximate surface area is 90.2 Å². The Bertz CT molecular complexity index is 319. The number of hydrogen-bond donors (Lipinski definition) is 1. The van der Waals surface area contributed by atoms with Crippen LogP contribution in [0.2, 0.25) is 0 Å². The van der Waals surface area contributed by atoms with Crippen LogP contribution in [0.3, 0.4) is 0 Å². The zero-order valence-electron chi connectivity index (χ0n) is 9.44. The fourth-order valence-electron chi connectivity index (χ4n) is 1.71. The summed E-state index contributed by atoms with van der Waals surface area (Å²) in [5.41, 5.74) is 6.03. The largest absolute Gasteiger partial charge is 0.338 e. The first-order chi connectivity index (χ1) is 7.22. The summed E-state index contributed by atoms with van der Waals surface area (Å²) in [6.45, 7) is 4.23. The molecule has 2 atom stereocenters. The molecule has 0 aromatic carbocycles. The number of rotatable bonds is 4. The smallest absolute Gasteiger partial charge is 0.243 e. The molecule has 1 saturated carbocycles. The number of nitrogens with two attached hydrogens (primary N) is 1. The van der Waals surface area contributed by atoms with E-state index >= 15 is 0 Å². The van der Waals surface area contributed by atoms with Crippen molar-refractivity contribution in [3.05, 3.63) is 11.7 Å². The lowest BCUT2D eigenvalue weighted by Gasteiger charge is -2.21. The summed E-state index contributed by atoms with van der Waals surface area (Å²) in [7, 11) is 0. The summed E-state index contributed by atoms with van der Waals surface area (Å²) in [5.74, 6) is 2.37. The monoisotopic (exact) mass is 209 g/mol. The van der Waals surface area contributed by atoms with Gasteiger partial charge in [-0.15, -0.1) is 0 Å². The van der Waals surface area contributed by atoms with Crippen molar-refractivity contribution in [2.24, 2.45) is 11.7 Å². The van der Waals surface area contributed by atoms with E-state index in [0.717, 1.165) is 12.2 Å². The van der Waals surface area contributed by atoms with Gasteiger partial charge in [0.05, 0.1) is 6.04 Å². The third-order valence-corrected chi connectivity index (χ3v) is 3.47. The molecular formula is C11H19N3O. The minimum absolute atomic E-state index is 0.115. The summed E-state index contributed by atoms with van der Waals surface area (Å²) in [6.07, 6.45) is 4.70. The van der Waals surface area contributed by atoms with Crippen molar-refractivity contribution in [2.75, 3.05) is 0 Å². The lowest BCUT2D eigenvalue weighted by molar-refractivity contribution is 0.304. The van der Waals surface area contributed by atoms with Gasteiger partial charge in [0.15, 0.2) is 5.82 Å². The summed E-state index contributed by atoms with van der Waals surface area (Å²) in [6, 6.07) is -0.115. The molecule has 0 spiro atoms. The van der Waals surface area contributed by atoms with Crippen molar-refractivity contribution in [2.45, 2.75) is 51.5 Å². The highest BCUT2D eigenvalue weighted by molar-refractivity contribution is 5.01. The predicted molar refractivity (Wildman–Crippen MR) is 57.3 cm³/mol. The molecule has 1 fully saturated rings. The zero-order valence-corrected chi connectivity index (χ0v) is 9.44. The number of hydrogen-bond acceptors (Lipinski definition) is 4. The molecule has 84 valence electrons. The second-order valence-electron chi connectivity index (χ2n) is 4.53.